The second-order valence-corrected chi connectivity index (χ2v) is 3.63. The number of Topliss-reactive ketones (excluding diaryl/α,β-unsaturated/α-hetero) is 1. The fourth-order valence-corrected chi connectivity index (χ4v) is 1.82. The lowest BCUT2D eigenvalue weighted by Crippen LogP contribution is -1.91. The van der Waals surface area contributed by atoms with E-state index in [9.17, 15) is 4.79 Å². The van der Waals surface area contributed by atoms with Crippen LogP contribution in [0.15, 0.2) is 12.3 Å². The maximum Gasteiger partial charge on any atom is 0.162 e. The Morgan fingerprint density at radius 2 is 2.29 bits per heavy atom. The van der Waals surface area contributed by atoms with Crippen LogP contribution in [0.4, 0.5) is 0 Å². The Bertz CT molecular complexity index is 516. The lowest BCUT2D eigenvalue weighted by atomic mass is 10.1. The normalized spacial score (nSPS) is 10.8. The number of aryl methyl sites for hydroxylation is 1. The van der Waals surface area contributed by atoms with Gasteiger partial charge in [-0.25, -0.2) is 4.98 Å². The van der Waals surface area contributed by atoms with Crippen molar-refractivity contribution in [3.8, 4) is 0 Å². The number of halogens is 1. The highest BCUT2D eigenvalue weighted by atomic mass is 35.5. The molecule has 0 aliphatic carbocycles. The van der Waals surface area contributed by atoms with Crippen LogP contribution in [0.1, 0.15) is 22.8 Å². The minimum atomic E-state index is 0.0310. The van der Waals surface area contributed by atoms with E-state index in [2.05, 4.69) is 9.97 Å². The van der Waals surface area contributed by atoms with E-state index in [1.165, 1.54) is 6.92 Å². The molecule has 0 saturated heterocycles. The Hall–Kier alpha value is -1.35. The fourth-order valence-electron chi connectivity index (χ4n) is 1.57. The first kappa shape index (κ1) is 9.21. The van der Waals surface area contributed by atoms with Crippen molar-refractivity contribution in [2.45, 2.75) is 13.8 Å². The predicted molar refractivity (Wildman–Crippen MR) is 55.8 cm³/mol. The van der Waals surface area contributed by atoms with Crippen LogP contribution in [0.25, 0.3) is 11.0 Å². The number of pyridine rings is 1. The van der Waals surface area contributed by atoms with E-state index in [0.29, 0.717) is 16.4 Å². The Morgan fingerprint density at radius 3 is 2.93 bits per heavy atom. The van der Waals surface area contributed by atoms with Gasteiger partial charge < -0.3 is 4.98 Å². The van der Waals surface area contributed by atoms with Crippen LogP contribution >= 0.6 is 11.6 Å². The molecule has 2 aromatic rings. The molecule has 0 saturated carbocycles. The molecule has 0 aliphatic heterocycles. The molecule has 0 amide bonds. The second-order valence-electron chi connectivity index (χ2n) is 3.24. The van der Waals surface area contributed by atoms with E-state index in [-0.39, 0.29) is 5.78 Å². The third-order valence-corrected chi connectivity index (χ3v) is 2.38. The number of aromatic amines is 1. The largest absolute Gasteiger partial charge is 0.345 e. The van der Waals surface area contributed by atoms with Gasteiger partial charge in [0.25, 0.3) is 0 Å². The number of hydrogen-bond acceptors (Lipinski definition) is 2. The number of hydrogen-bond donors (Lipinski definition) is 1. The van der Waals surface area contributed by atoms with Crippen molar-refractivity contribution in [1.29, 1.82) is 0 Å². The van der Waals surface area contributed by atoms with Crippen LogP contribution in [0.2, 0.25) is 5.15 Å². The van der Waals surface area contributed by atoms with Gasteiger partial charge in [0.2, 0.25) is 0 Å². The quantitative estimate of drug-likeness (QED) is 0.579. The fraction of sp³-hybridized carbons (Fsp3) is 0.200. The first-order valence-electron chi connectivity index (χ1n) is 4.25. The Kier molecular flexibility index (Phi) is 2.04. The molecule has 2 rings (SSSR count). The summed E-state index contributed by atoms with van der Waals surface area (Å²) >= 11 is 5.80. The summed E-state index contributed by atoms with van der Waals surface area (Å²) < 4.78 is 0. The van der Waals surface area contributed by atoms with Gasteiger partial charge in [-0.1, -0.05) is 11.6 Å². The molecule has 0 radical (unpaired) electrons. The molecule has 2 heterocycles. The van der Waals surface area contributed by atoms with Gasteiger partial charge in [-0.15, -0.1) is 0 Å². The molecule has 4 heteroatoms. The zero-order valence-corrected chi connectivity index (χ0v) is 8.64. The van der Waals surface area contributed by atoms with E-state index >= 15 is 0 Å². The lowest BCUT2D eigenvalue weighted by Gasteiger charge is -1.98. The molecule has 2 aromatic heterocycles. The van der Waals surface area contributed by atoms with Crippen molar-refractivity contribution in [2.75, 3.05) is 0 Å². The standard InChI is InChI=1S/C10H9ClN2O/c1-5-3-8(11)13-10-9(5)7(4-12-10)6(2)14/h3-4H,1-2H3,(H,12,13). The number of fused-ring (bicyclic) bond motifs is 1. The van der Waals surface area contributed by atoms with Crippen molar-refractivity contribution in [3.63, 3.8) is 0 Å². The van der Waals surface area contributed by atoms with Crippen LogP contribution in [0.3, 0.4) is 0 Å². The number of H-pyrrole nitrogens is 1. The highest BCUT2D eigenvalue weighted by molar-refractivity contribution is 6.30. The smallest absolute Gasteiger partial charge is 0.162 e. The number of aromatic nitrogens is 2. The number of nitrogens with zero attached hydrogens (tertiary/aromatic N) is 1. The molecular weight excluding hydrogens is 200 g/mol. The topological polar surface area (TPSA) is 45.8 Å². The van der Waals surface area contributed by atoms with Crippen molar-refractivity contribution in [1.82, 2.24) is 9.97 Å². The minimum absolute atomic E-state index is 0.0310. The number of carbonyl (C=O) groups excluding carboxylic acids is 1. The summed E-state index contributed by atoms with van der Waals surface area (Å²) in [6.07, 6.45) is 1.67. The SMILES string of the molecule is CC(=O)c1c[nH]c2nc(Cl)cc(C)c12. The van der Waals surface area contributed by atoms with Gasteiger partial charge in [0, 0.05) is 17.1 Å². The molecule has 1 N–H and O–H groups in total. The highest BCUT2D eigenvalue weighted by Gasteiger charge is 2.11. The van der Waals surface area contributed by atoms with E-state index < -0.39 is 0 Å². The van der Waals surface area contributed by atoms with Gasteiger partial charge in [0.1, 0.15) is 10.8 Å². The number of carbonyl (C=O) groups is 1. The van der Waals surface area contributed by atoms with Crippen LogP contribution in [0.5, 0.6) is 0 Å². The average Bonchev–Trinajstić information content (AvgIpc) is 2.47. The van der Waals surface area contributed by atoms with E-state index in [4.69, 9.17) is 11.6 Å². The molecular formula is C10H9ClN2O. The molecule has 14 heavy (non-hydrogen) atoms. The summed E-state index contributed by atoms with van der Waals surface area (Å²) in [7, 11) is 0. The summed E-state index contributed by atoms with van der Waals surface area (Å²) in [6, 6.07) is 1.75. The first-order valence-corrected chi connectivity index (χ1v) is 4.62. The molecule has 3 nitrogen and oxygen atoms in total. The van der Waals surface area contributed by atoms with Crippen LogP contribution in [0, 0.1) is 6.92 Å². The van der Waals surface area contributed by atoms with Gasteiger partial charge in [0.05, 0.1) is 0 Å². The van der Waals surface area contributed by atoms with Gasteiger partial charge in [-0.05, 0) is 25.5 Å². The lowest BCUT2D eigenvalue weighted by molar-refractivity contribution is 0.101. The van der Waals surface area contributed by atoms with Crippen molar-refractivity contribution in [2.24, 2.45) is 0 Å². The summed E-state index contributed by atoms with van der Waals surface area (Å²) in [4.78, 5) is 18.3. The maximum atomic E-state index is 11.3. The highest BCUT2D eigenvalue weighted by Crippen LogP contribution is 2.23. The molecule has 0 aromatic carbocycles. The minimum Gasteiger partial charge on any atom is -0.345 e. The van der Waals surface area contributed by atoms with Gasteiger partial charge >= 0.3 is 0 Å². The summed E-state index contributed by atoms with van der Waals surface area (Å²) in [5.41, 5.74) is 2.30. The molecule has 0 unspecified atom stereocenters. The number of ketones is 1. The molecule has 0 spiro atoms. The maximum absolute atomic E-state index is 11.3. The van der Waals surface area contributed by atoms with Crippen molar-refractivity contribution >= 4 is 28.4 Å². The molecule has 0 fully saturated rings. The summed E-state index contributed by atoms with van der Waals surface area (Å²) in [5, 5.41) is 1.30. The monoisotopic (exact) mass is 208 g/mol. The van der Waals surface area contributed by atoms with Crippen molar-refractivity contribution < 1.29 is 4.79 Å². The van der Waals surface area contributed by atoms with Crippen LogP contribution in [-0.4, -0.2) is 15.8 Å². The Labute approximate surface area is 86.1 Å². The molecule has 0 atom stereocenters. The molecule has 0 aliphatic rings. The third-order valence-electron chi connectivity index (χ3n) is 2.19. The first-order chi connectivity index (χ1) is 6.59. The van der Waals surface area contributed by atoms with E-state index in [1.54, 1.807) is 12.3 Å². The van der Waals surface area contributed by atoms with Gasteiger partial charge in [-0.3, -0.25) is 4.79 Å². The summed E-state index contributed by atoms with van der Waals surface area (Å²) in [6.45, 7) is 3.45. The zero-order valence-electron chi connectivity index (χ0n) is 7.89. The molecule has 0 bridgehead atoms. The third kappa shape index (κ3) is 1.30. The van der Waals surface area contributed by atoms with Crippen LogP contribution < -0.4 is 0 Å². The van der Waals surface area contributed by atoms with E-state index in [1.807, 2.05) is 6.92 Å². The Balaban J connectivity index is 2.85. The predicted octanol–water partition coefficient (Wildman–Crippen LogP) is 2.73. The second kappa shape index (κ2) is 3.10. The number of nitrogens with one attached hydrogen (secondary N) is 1. The average molecular weight is 209 g/mol. The zero-order chi connectivity index (χ0) is 10.3. The Morgan fingerprint density at radius 1 is 1.57 bits per heavy atom. The molecule has 72 valence electrons. The van der Waals surface area contributed by atoms with E-state index in [0.717, 1.165) is 10.9 Å². The van der Waals surface area contributed by atoms with Gasteiger partial charge in [-0.2, -0.15) is 0 Å². The van der Waals surface area contributed by atoms with Crippen molar-refractivity contribution in [3.05, 3.63) is 28.5 Å². The van der Waals surface area contributed by atoms with Crippen LogP contribution in [-0.2, 0) is 0 Å². The van der Waals surface area contributed by atoms with Gasteiger partial charge in [0.15, 0.2) is 5.78 Å². The number of rotatable bonds is 1. The summed E-state index contributed by atoms with van der Waals surface area (Å²) in [5.74, 6) is 0.0310.